The molecule has 1 fully saturated rings. The fourth-order valence-corrected chi connectivity index (χ4v) is 2.61. The smallest absolute Gasteiger partial charge is 0.133 e. The first-order valence-corrected chi connectivity index (χ1v) is 7.38. The highest BCUT2D eigenvalue weighted by atomic mass is 79.9. The van der Waals surface area contributed by atoms with Gasteiger partial charge in [-0.2, -0.15) is 0 Å². The van der Waals surface area contributed by atoms with Gasteiger partial charge in [-0.1, -0.05) is 6.92 Å². The van der Waals surface area contributed by atoms with Gasteiger partial charge in [0.05, 0.1) is 0 Å². The highest BCUT2D eigenvalue weighted by Gasteiger charge is 2.22. The van der Waals surface area contributed by atoms with Gasteiger partial charge in [0.25, 0.3) is 0 Å². The number of hydrogen-bond acceptors (Lipinski definition) is 4. The molecule has 0 bridgehead atoms. The number of piperazine rings is 1. The lowest BCUT2D eigenvalue weighted by Gasteiger charge is -2.38. The molecule has 1 atom stereocenters. The van der Waals surface area contributed by atoms with Crippen LogP contribution in [0.1, 0.15) is 26.1 Å². The first-order valence-electron chi connectivity index (χ1n) is 6.58. The quantitative estimate of drug-likeness (QED) is 0.802. The summed E-state index contributed by atoms with van der Waals surface area (Å²) >= 11 is 3.49. The summed E-state index contributed by atoms with van der Waals surface area (Å²) in [5.74, 6) is 1.99. The molecule has 0 amide bonds. The van der Waals surface area contributed by atoms with E-state index in [4.69, 9.17) is 0 Å². The minimum Gasteiger partial charge on any atom is -0.354 e. The average molecular weight is 313 g/mol. The standard InChI is InChI=1S/C13H21BrN4/c1-4-5-12-15-11(14)8-13(16-12)18-7-6-17(3)10(2)9-18/h8,10H,4-7,9H2,1-3H3. The topological polar surface area (TPSA) is 32.3 Å². The van der Waals surface area contributed by atoms with E-state index in [0.717, 1.165) is 48.7 Å². The maximum atomic E-state index is 4.67. The van der Waals surface area contributed by atoms with E-state index in [9.17, 15) is 0 Å². The van der Waals surface area contributed by atoms with Crippen LogP contribution in [0.4, 0.5) is 5.82 Å². The lowest BCUT2D eigenvalue weighted by atomic mass is 10.2. The van der Waals surface area contributed by atoms with E-state index in [1.54, 1.807) is 0 Å². The third-order valence-corrected chi connectivity index (χ3v) is 3.89. The molecule has 1 aliphatic rings. The number of likely N-dealkylation sites (N-methyl/N-ethyl adjacent to an activating group) is 1. The predicted molar refractivity (Wildman–Crippen MR) is 78.0 cm³/mol. The number of anilines is 1. The Morgan fingerprint density at radius 3 is 2.83 bits per heavy atom. The van der Waals surface area contributed by atoms with Crippen LogP contribution in [-0.4, -0.2) is 47.6 Å². The van der Waals surface area contributed by atoms with Crippen molar-refractivity contribution >= 4 is 21.7 Å². The van der Waals surface area contributed by atoms with Crippen molar-refractivity contribution in [3.63, 3.8) is 0 Å². The Kier molecular flexibility index (Phi) is 4.56. The maximum absolute atomic E-state index is 4.67. The van der Waals surface area contributed by atoms with Gasteiger partial charge in [-0.05, 0) is 36.3 Å². The Bertz CT molecular complexity index is 410. The summed E-state index contributed by atoms with van der Waals surface area (Å²) in [6, 6.07) is 2.60. The highest BCUT2D eigenvalue weighted by molar-refractivity contribution is 9.10. The van der Waals surface area contributed by atoms with E-state index in [0.29, 0.717) is 6.04 Å². The van der Waals surface area contributed by atoms with Crippen LogP contribution in [0.3, 0.4) is 0 Å². The summed E-state index contributed by atoms with van der Waals surface area (Å²) in [6.45, 7) is 7.57. The van der Waals surface area contributed by atoms with Crippen LogP contribution in [0.2, 0.25) is 0 Å². The van der Waals surface area contributed by atoms with Gasteiger partial charge >= 0.3 is 0 Å². The molecular formula is C13H21BrN4. The zero-order valence-electron chi connectivity index (χ0n) is 11.4. The van der Waals surface area contributed by atoms with Gasteiger partial charge in [-0.3, -0.25) is 0 Å². The summed E-state index contributed by atoms with van der Waals surface area (Å²) < 4.78 is 0.891. The van der Waals surface area contributed by atoms with Gasteiger partial charge in [0.1, 0.15) is 16.2 Å². The van der Waals surface area contributed by atoms with Gasteiger partial charge in [-0.25, -0.2) is 9.97 Å². The molecule has 1 unspecified atom stereocenters. The molecule has 5 heteroatoms. The molecule has 0 N–H and O–H groups in total. The third-order valence-electron chi connectivity index (χ3n) is 3.48. The molecule has 2 heterocycles. The van der Waals surface area contributed by atoms with Crippen LogP contribution >= 0.6 is 15.9 Å². The first-order chi connectivity index (χ1) is 8.60. The summed E-state index contributed by atoms with van der Waals surface area (Å²) in [4.78, 5) is 13.8. The lowest BCUT2D eigenvalue weighted by Crippen LogP contribution is -2.50. The fourth-order valence-electron chi connectivity index (χ4n) is 2.21. The van der Waals surface area contributed by atoms with Crippen molar-refractivity contribution in [2.45, 2.75) is 32.7 Å². The van der Waals surface area contributed by atoms with E-state index >= 15 is 0 Å². The Morgan fingerprint density at radius 2 is 2.17 bits per heavy atom. The highest BCUT2D eigenvalue weighted by Crippen LogP contribution is 2.20. The Balaban J connectivity index is 2.17. The molecule has 2 rings (SSSR count). The summed E-state index contributed by atoms with van der Waals surface area (Å²) in [7, 11) is 2.18. The summed E-state index contributed by atoms with van der Waals surface area (Å²) in [6.07, 6.45) is 2.02. The maximum Gasteiger partial charge on any atom is 0.133 e. The molecule has 0 spiro atoms. The van der Waals surface area contributed by atoms with E-state index in [2.05, 4.69) is 56.6 Å². The van der Waals surface area contributed by atoms with Gasteiger partial charge in [0.2, 0.25) is 0 Å². The second-order valence-corrected chi connectivity index (χ2v) is 5.80. The van der Waals surface area contributed by atoms with E-state index in [-0.39, 0.29) is 0 Å². The number of halogens is 1. The number of nitrogens with zero attached hydrogens (tertiary/aromatic N) is 4. The molecule has 1 aromatic rings. The largest absolute Gasteiger partial charge is 0.354 e. The average Bonchev–Trinajstić information content (AvgIpc) is 2.32. The third kappa shape index (κ3) is 3.20. The van der Waals surface area contributed by atoms with Crippen LogP contribution in [0.25, 0.3) is 0 Å². The van der Waals surface area contributed by atoms with Crippen LogP contribution < -0.4 is 4.90 Å². The molecule has 0 radical (unpaired) electrons. The van der Waals surface area contributed by atoms with Crippen molar-refractivity contribution in [2.75, 3.05) is 31.6 Å². The van der Waals surface area contributed by atoms with Crippen molar-refractivity contribution < 1.29 is 0 Å². The molecule has 0 aromatic carbocycles. The molecule has 1 saturated heterocycles. The molecule has 100 valence electrons. The Morgan fingerprint density at radius 1 is 1.39 bits per heavy atom. The second kappa shape index (κ2) is 5.97. The van der Waals surface area contributed by atoms with Crippen LogP contribution in [0, 0.1) is 0 Å². The lowest BCUT2D eigenvalue weighted by molar-refractivity contribution is 0.233. The van der Waals surface area contributed by atoms with E-state index in [1.807, 2.05) is 6.07 Å². The van der Waals surface area contributed by atoms with Crippen molar-refractivity contribution in [3.8, 4) is 0 Å². The molecule has 1 aliphatic heterocycles. The molecule has 0 saturated carbocycles. The van der Waals surface area contributed by atoms with Crippen LogP contribution in [0.15, 0.2) is 10.7 Å². The summed E-state index contributed by atoms with van der Waals surface area (Å²) in [5, 5.41) is 0. The van der Waals surface area contributed by atoms with Crippen LogP contribution in [-0.2, 0) is 6.42 Å². The predicted octanol–water partition coefficient (Wildman–Crippen LogP) is 2.33. The zero-order chi connectivity index (χ0) is 13.1. The van der Waals surface area contributed by atoms with E-state index in [1.165, 1.54) is 0 Å². The van der Waals surface area contributed by atoms with Crippen molar-refractivity contribution in [1.29, 1.82) is 0 Å². The minimum atomic E-state index is 0.571. The second-order valence-electron chi connectivity index (χ2n) is 4.99. The normalized spacial score (nSPS) is 21.3. The molecule has 18 heavy (non-hydrogen) atoms. The van der Waals surface area contributed by atoms with Gasteiger partial charge in [0, 0.05) is 38.2 Å². The zero-order valence-corrected chi connectivity index (χ0v) is 12.9. The number of hydrogen-bond donors (Lipinski definition) is 0. The number of aryl methyl sites for hydroxylation is 1. The molecular weight excluding hydrogens is 292 g/mol. The SMILES string of the molecule is CCCc1nc(Br)cc(N2CCN(C)C(C)C2)n1. The molecule has 4 nitrogen and oxygen atoms in total. The monoisotopic (exact) mass is 312 g/mol. The van der Waals surface area contributed by atoms with Gasteiger partial charge in [-0.15, -0.1) is 0 Å². The minimum absolute atomic E-state index is 0.571. The Hall–Kier alpha value is -0.680. The van der Waals surface area contributed by atoms with Crippen molar-refractivity contribution in [1.82, 2.24) is 14.9 Å². The van der Waals surface area contributed by atoms with E-state index < -0.39 is 0 Å². The van der Waals surface area contributed by atoms with Crippen molar-refractivity contribution in [3.05, 3.63) is 16.5 Å². The van der Waals surface area contributed by atoms with Crippen molar-refractivity contribution in [2.24, 2.45) is 0 Å². The molecule has 0 aliphatic carbocycles. The fraction of sp³-hybridized carbons (Fsp3) is 0.692. The number of rotatable bonds is 3. The first kappa shape index (κ1) is 13.7. The van der Waals surface area contributed by atoms with Crippen LogP contribution in [0.5, 0.6) is 0 Å². The van der Waals surface area contributed by atoms with Gasteiger partial charge in [0.15, 0.2) is 0 Å². The number of aromatic nitrogens is 2. The van der Waals surface area contributed by atoms with Gasteiger partial charge < -0.3 is 9.80 Å². The summed E-state index contributed by atoms with van der Waals surface area (Å²) in [5.41, 5.74) is 0. The Labute approximate surface area is 118 Å². The molecule has 1 aromatic heterocycles.